The number of ether oxygens (including phenoxy) is 2. The zero-order chi connectivity index (χ0) is 25.3. The lowest BCUT2D eigenvalue weighted by Crippen LogP contribution is -2.38. The third-order valence-corrected chi connectivity index (χ3v) is 5.59. The summed E-state index contributed by atoms with van der Waals surface area (Å²) in [4.78, 5) is 26.8. The molecule has 3 aromatic carbocycles. The molecule has 3 aromatic rings. The molecule has 0 saturated carbocycles. The third-order valence-electron chi connectivity index (χ3n) is 5.59. The molecule has 1 aliphatic heterocycles. The predicted molar refractivity (Wildman–Crippen MR) is 141 cm³/mol. The van der Waals surface area contributed by atoms with Gasteiger partial charge in [-0.3, -0.25) is 9.59 Å². The molecule has 4 rings (SSSR count). The van der Waals surface area contributed by atoms with Crippen molar-refractivity contribution in [1.29, 1.82) is 0 Å². The Morgan fingerprint density at radius 3 is 2.47 bits per heavy atom. The molecule has 0 aromatic heterocycles. The molecule has 1 unspecified atom stereocenters. The Morgan fingerprint density at radius 2 is 1.69 bits per heavy atom. The molecule has 1 heterocycles. The molecular weight excluding hydrogens is 456 g/mol. The van der Waals surface area contributed by atoms with Crippen LogP contribution >= 0.6 is 0 Å². The van der Waals surface area contributed by atoms with Crippen molar-refractivity contribution in [2.24, 2.45) is 5.10 Å². The number of para-hydroxylation sites is 4. The maximum Gasteiger partial charge on any atom is 0.295 e. The summed E-state index contributed by atoms with van der Waals surface area (Å²) in [6.45, 7) is 2.26. The van der Waals surface area contributed by atoms with Gasteiger partial charge in [0.2, 0.25) is 12.1 Å². The highest BCUT2D eigenvalue weighted by Crippen LogP contribution is 2.31. The van der Waals surface area contributed by atoms with Crippen molar-refractivity contribution in [3.05, 3.63) is 84.4 Å². The normalized spacial score (nSPS) is 14.2. The minimum Gasteiger partial charge on any atom is -0.493 e. The van der Waals surface area contributed by atoms with E-state index in [9.17, 15) is 9.59 Å². The third kappa shape index (κ3) is 6.56. The van der Waals surface area contributed by atoms with E-state index in [1.807, 2.05) is 85.8 Å². The fraction of sp³-hybridized carbons (Fsp3) is 0.214. The van der Waals surface area contributed by atoms with Gasteiger partial charge in [0.15, 0.2) is 11.8 Å². The Bertz CT molecular complexity index is 1280. The van der Waals surface area contributed by atoms with E-state index in [0.29, 0.717) is 17.2 Å². The highest BCUT2D eigenvalue weighted by molar-refractivity contribution is 5.97. The van der Waals surface area contributed by atoms with Gasteiger partial charge in [-0.05, 0) is 47.9 Å². The van der Waals surface area contributed by atoms with E-state index >= 15 is 0 Å². The van der Waals surface area contributed by atoms with Gasteiger partial charge in [-0.15, -0.1) is 0 Å². The molecule has 186 valence electrons. The Kier molecular flexibility index (Phi) is 8.08. The number of rotatable bonds is 10. The zero-order valence-electron chi connectivity index (χ0n) is 20.3. The summed E-state index contributed by atoms with van der Waals surface area (Å²) in [5, 5.41) is 7.11. The van der Waals surface area contributed by atoms with Gasteiger partial charge in [0.05, 0.1) is 18.7 Å². The monoisotopic (exact) mass is 487 g/mol. The molecule has 1 N–H and O–H groups in total. The van der Waals surface area contributed by atoms with Crippen molar-refractivity contribution < 1.29 is 25.2 Å². The number of hydrazone groups is 1. The number of likely N-dealkylation sites (N-methyl/N-ethyl adjacent to an activating group) is 1. The first kappa shape index (κ1) is 24.7. The van der Waals surface area contributed by atoms with Crippen molar-refractivity contribution in [1.82, 2.24) is 5.32 Å². The second-order valence-electron chi connectivity index (χ2n) is 8.30. The van der Waals surface area contributed by atoms with Crippen LogP contribution in [0, 0.1) is 6.92 Å². The molecule has 0 bridgehead atoms. The molecule has 8 nitrogen and oxygen atoms in total. The van der Waals surface area contributed by atoms with Crippen LogP contribution < -0.4 is 19.7 Å². The van der Waals surface area contributed by atoms with Crippen molar-refractivity contribution >= 4 is 29.9 Å². The standard InChI is InChI=1S/C28H28N4O4.H2/c1-21-10-6-8-14-25(21)35-17-16-27(33)30-22-18-29-32(19-22)20-28(34)31(2)24-13-7-9-15-26(24)36-23-11-4-3-5-12-23;/h3-15,18-19,22H,16-17,20H2,1-2H3;1H/p+1. The average molecular weight is 488 g/mol. The summed E-state index contributed by atoms with van der Waals surface area (Å²) in [6.07, 6.45) is 3.52. The van der Waals surface area contributed by atoms with Crippen LogP contribution in [-0.2, 0) is 9.59 Å². The fourth-order valence-corrected chi connectivity index (χ4v) is 3.63. The minimum atomic E-state index is -0.386. The number of carbonyl (C=O) groups is 2. The summed E-state index contributed by atoms with van der Waals surface area (Å²) in [7, 11) is 1.70. The van der Waals surface area contributed by atoms with Crippen molar-refractivity contribution in [2.75, 3.05) is 25.1 Å². The second-order valence-corrected chi connectivity index (χ2v) is 8.30. The molecular formula is C28H31N4O4+. The Hall–Kier alpha value is -4.46. The van der Waals surface area contributed by atoms with E-state index in [4.69, 9.17) is 9.47 Å². The number of nitrogens with zero attached hydrogens (tertiary/aromatic N) is 3. The molecule has 0 saturated heterocycles. The molecule has 8 heteroatoms. The number of hydrogen-bond acceptors (Lipinski definition) is 5. The Morgan fingerprint density at radius 1 is 1.00 bits per heavy atom. The molecule has 1 aliphatic rings. The maximum absolute atomic E-state index is 13.0. The highest BCUT2D eigenvalue weighted by atomic mass is 16.5. The quantitative estimate of drug-likeness (QED) is 0.438. The lowest BCUT2D eigenvalue weighted by atomic mass is 10.2. The molecule has 0 aliphatic carbocycles. The first-order valence-corrected chi connectivity index (χ1v) is 11.7. The Balaban J connectivity index is 0.00000380. The summed E-state index contributed by atoms with van der Waals surface area (Å²) >= 11 is 0. The molecule has 0 fully saturated rings. The van der Waals surface area contributed by atoms with Crippen LogP contribution in [0.2, 0.25) is 0 Å². The van der Waals surface area contributed by atoms with E-state index in [1.54, 1.807) is 19.5 Å². The molecule has 1 atom stereocenters. The van der Waals surface area contributed by atoms with Gasteiger partial charge in [-0.25, -0.2) is 0 Å². The van der Waals surface area contributed by atoms with Gasteiger partial charge < -0.3 is 19.7 Å². The zero-order valence-corrected chi connectivity index (χ0v) is 20.3. The number of benzene rings is 3. The lowest BCUT2D eigenvalue weighted by Gasteiger charge is -2.19. The number of nitrogens with one attached hydrogen (secondary N) is 1. The molecule has 0 radical (unpaired) electrons. The van der Waals surface area contributed by atoms with Crippen molar-refractivity contribution in [2.45, 2.75) is 19.4 Å². The van der Waals surface area contributed by atoms with Gasteiger partial charge in [0.25, 0.3) is 12.5 Å². The summed E-state index contributed by atoms with van der Waals surface area (Å²) < 4.78 is 13.2. The van der Waals surface area contributed by atoms with Crippen LogP contribution in [0.1, 0.15) is 13.4 Å². The van der Waals surface area contributed by atoms with Crippen LogP contribution in [0.15, 0.2) is 84.0 Å². The molecule has 2 amide bonds. The summed E-state index contributed by atoms with van der Waals surface area (Å²) in [6, 6.07) is 24.1. The fourth-order valence-electron chi connectivity index (χ4n) is 3.63. The van der Waals surface area contributed by atoms with Gasteiger partial charge in [-0.2, -0.15) is 0 Å². The van der Waals surface area contributed by atoms with Crippen LogP contribution in [0.25, 0.3) is 0 Å². The number of aryl methyl sites for hydroxylation is 1. The second kappa shape index (κ2) is 11.8. The first-order chi connectivity index (χ1) is 17.5. The SMILES string of the molecule is Cc1ccccc1OCCC(=O)NC1C=N[N+](CC(=O)N(C)c2ccccc2Oc2ccccc2)=C1.[HH]. The Labute approximate surface area is 212 Å². The van der Waals surface area contributed by atoms with Crippen LogP contribution in [-0.4, -0.2) is 55.2 Å². The highest BCUT2D eigenvalue weighted by Gasteiger charge is 2.25. The number of amides is 2. The molecule has 36 heavy (non-hydrogen) atoms. The number of anilines is 1. The van der Waals surface area contributed by atoms with E-state index in [0.717, 1.165) is 11.3 Å². The number of hydrogen-bond donors (Lipinski definition) is 1. The predicted octanol–water partition coefficient (Wildman–Crippen LogP) is 4.03. The van der Waals surface area contributed by atoms with Crippen LogP contribution in [0.3, 0.4) is 0 Å². The summed E-state index contributed by atoms with van der Waals surface area (Å²) in [5.74, 6) is 1.70. The van der Waals surface area contributed by atoms with E-state index < -0.39 is 0 Å². The largest absolute Gasteiger partial charge is 0.493 e. The summed E-state index contributed by atoms with van der Waals surface area (Å²) in [5.41, 5.74) is 1.67. The van der Waals surface area contributed by atoms with Crippen molar-refractivity contribution in [3.63, 3.8) is 0 Å². The smallest absolute Gasteiger partial charge is 0.295 e. The van der Waals surface area contributed by atoms with Gasteiger partial charge in [-0.1, -0.05) is 53.2 Å². The van der Waals surface area contributed by atoms with Gasteiger partial charge in [0, 0.05) is 8.47 Å². The van der Waals surface area contributed by atoms with Gasteiger partial charge in [0.1, 0.15) is 17.7 Å². The average Bonchev–Trinajstić information content (AvgIpc) is 3.32. The molecule has 0 spiro atoms. The minimum absolute atomic E-state index is 0. The van der Waals surface area contributed by atoms with E-state index in [-0.39, 0.29) is 38.9 Å². The van der Waals surface area contributed by atoms with Gasteiger partial charge >= 0.3 is 0 Å². The topological polar surface area (TPSA) is 83.2 Å². The first-order valence-electron chi connectivity index (χ1n) is 11.7. The van der Waals surface area contributed by atoms with Crippen molar-refractivity contribution in [3.8, 4) is 17.2 Å². The maximum atomic E-state index is 13.0. The van der Waals surface area contributed by atoms with Crippen LogP contribution in [0.4, 0.5) is 5.69 Å². The van der Waals surface area contributed by atoms with Crippen LogP contribution in [0.5, 0.6) is 17.2 Å². The van der Waals surface area contributed by atoms with E-state index in [2.05, 4.69) is 10.4 Å². The lowest BCUT2D eigenvalue weighted by molar-refractivity contribution is -0.514. The number of carbonyl (C=O) groups excluding carboxylic acids is 2. The van der Waals surface area contributed by atoms with E-state index in [1.165, 1.54) is 9.58 Å².